The molecular weight excluding hydrogens is 179 g/mol. The minimum absolute atomic E-state index is 0. The molecular formula is Ca3Co. The Hall–Kier alpha value is 4.29. The average Bonchev–Trinajstić information content (AvgIpc) is 0. The smallest absolute Gasteiger partial charge is 0 e. The van der Waals surface area contributed by atoms with Crippen LogP contribution in [0.4, 0.5) is 0 Å². The summed E-state index contributed by atoms with van der Waals surface area (Å²) in [4.78, 5) is 0. The standard InChI is InChI=1S/3Ca.Co. The first kappa shape index (κ1) is 23.9. The minimum atomic E-state index is 0. The van der Waals surface area contributed by atoms with Crippen LogP contribution in [-0.2, 0) is 16.8 Å². The molecule has 0 amide bonds. The quantitative estimate of drug-likeness (QED) is 0.412. The van der Waals surface area contributed by atoms with Crippen molar-refractivity contribution in [1.82, 2.24) is 0 Å². The van der Waals surface area contributed by atoms with Crippen molar-refractivity contribution in [3.05, 3.63) is 0 Å². The minimum Gasteiger partial charge on any atom is 0 e. The van der Waals surface area contributed by atoms with Gasteiger partial charge in [-0.25, -0.2) is 0 Å². The Labute approximate surface area is 126 Å². The zero-order valence-electron chi connectivity index (χ0n) is 2.45. The molecule has 15 valence electrons. The third-order valence-electron chi connectivity index (χ3n) is 0. The van der Waals surface area contributed by atoms with Gasteiger partial charge in [0.15, 0.2) is 0 Å². The van der Waals surface area contributed by atoms with Gasteiger partial charge in [-0.15, -0.1) is 0 Å². The summed E-state index contributed by atoms with van der Waals surface area (Å²) in [5, 5.41) is 0. The first-order valence-corrected chi connectivity index (χ1v) is 0. The summed E-state index contributed by atoms with van der Waals surface area (Å²) < 4.78 is 0. The van der Waals surface area contributed by atoms with Crippen molar-refractivity contribution < 1.29 is 16.8 Å². The molecule has 0 N–H and O–H groups in total. The van der Waals surface area contributed by atoms with E-state index in [1.165, 1.54) is 0 Å². The summed E-state index contributed by atoms with van der Waals surface area (Å²) >= 11 is 0. The number of hydrogen-bond acceptors (Lipinski definition) is 0. The van der Waals surface area contributed by atoms with E-state index in [2.05, 4.69) is 0 Å². The molecule has 0 aromatic heterocycles. The van der Waals surface area contributed by atoms with Gasteiger partial charge in [0, 0.05) is 130 Å². The molecule has 0 aliphatic heterocycles. The molecule has 4 heavy (non-hydrogen) atoms. The molecule has 0 nitrogen and oxygen atoms in total. The van der Waals surface area contributed by atoms with Gasteiger partial charge in [-0.05, 0) is 0 Å². The van der Waals surface area contributed by atoms with Crippen molar-refractivity contribution >= 4 is 113 Å². The van der Waals surface area contributed by atoms with Gasteiger partial charge in [0.05, 0.1) is 0 Å². The predicted octanol–water partition coefficient (Wildman–Crippen LogP) is -1.14. The average molecular weight is 179 g/mol. The van der Waals surface area contributed by atoms with Gasteiger partial charge in [0.25, 0.3) is 0 Å². The van der Waals surface area contributed by atoms with Gasteiger partial charge in [-0.1, -0.05) is 0 Å². The van der Waals surface area contributed by atoms with Gasteiger partial charge >= 0.3 is 0 Å². The van der Waals surface area contributed by atoms with Crippen LogP contribution in [-0.4, -0.2) is 113 Å². The summed E-state index contributed by atoms with van der Waals surface area (Å²) in [6, 6.07) is 0. The van der Waals surface area contributed by atoms with E-state index >= 15 is 0 Å². The fourth-order valence-electron chi connectivity index (χ4n) is 0. The summed E-state index contributed by atoms with van der Waals surface area (Å²) in [5.74, 6) is 0. The Morgan fingerprint density at radius 2 is 0.500 bits per heavy atom. The van der Waals surface area contributed by atoms with Crippen LogP contribution in [0.2, 0.25) is 0 Å². The van der Waals surface area contributed by atoms with Crippen LogP contribution in [0.15, 0.2) is 0 Å². The number of hydrogen-bond donors (Lipinski definition) is 0. The molecule has 0 aliphatic rings. The topological polar surface area (TPSA) is 0 Å². The normalized spacial score (nSPS) is 0. The molecule has 0 fully saturated rings. The molecule has 0 aliphatic carbocycles. The molecule has 0 rings (SSSR count). The Kier molecular flexibility index (Phi) is 93.8. The van der Waals surface area contributed by atoms with Gasteiger partial charge in [-0.2, -0.15) is 0 Å². The maximum atomic E-state index is 0. The maximum Gasteiger partial charge on any atom is 0 e. The molecule has 0 aromatic carbocycles. The van der Waals surface area contributed by atoms with Crippen LogP contribution in [0.5, 0.6) is 0 Å². The summed E-state index contributed by atoms with van der Waals surface area (Å²) in [7, 11) is 0. The van der Waals surface area contributed by atoms with Crippen LogP contribution in [0.25, 0.3) is 0 Å². The van der Waals surface area contributed by atoms with Gasteiger partial charge < -0.3 is 0 Å². The van der Waals surface area contributed by atoms with Crippen molar-refractivity contribution in [1.29, 1.82) is 0 Å². The SMILES string of the molecule is [Ca].[Ca].[Ca].[Co]. The largest absolute Gasteiger partial charge is 0 e. The Morgan fingerprint density at radius 1 is 0.500 bits per heavy atom. The van der Waals surface area contributed by atoms with Crippen molar-refractivity contribution in [3.8, 4) is 0 Å². The monoisotopic (exact) mass is 179 g/mol. The maximum absolute atomic E-state index is 0. The molecule has 0 spiro atoms. The Bertz CT molecular complexity index is 3.25. The molecule has 0 unspecified atom stereocenters. The van der Waals surface area contributed by atoms with Gasteiger partial charge in [-0.3, -0.25) is 0 Å². The van der Waals surface area contributed by atoms with Crippen LogP contribution >= 0.6 is 0 Å². The molecule has 0 saturated heterocycles. The second kappa shape index (κ2) is 15.7. The van der Waals surface area contributed by atoms with E-state index in [-0.39, 0.29) is 130 Å². The number of rotatable bonds is 0. The second-order valence-corrected chi connectivity index (χ2v) is 0. The van der Waals surface area contributed by atoms with E-state index in [4.69, 9.17) is 0 Å². The van der Waals surface area contributed by atoms with Gasteiger partial charge in [0.2, 0.25) is 0 Å². The van der Waals surface area contributed by atoms with Gasteiger partial charge in [0.1, 0.15) is 0 Å². The van der Waals surface area contributed by atoms with E-state index in [1.807, 2.05) is 0 Å². The molecule has 7 radical (unpaired) electrons. The van der Waals surface area contributed by atoms with Crippen LogP contribution in [0.3, 0.4) is 0 Å². The molecule has 0 atom stereocenters. The first-order chi connectivity index (χ1) is 0. The van der Waals surface area contributed by atoms with Crippen molar-refractivity contribution in [2.45, 2.75) is 0 Å². The van der Waals surface area contributed by atoms with Crippen molar-refractivity contribution in [2.24, 2.45) is 0 Å². The molecule has 0 aromatic rings. The fraction of sp³-hybridized carbons (Fsp3) is 0. The summed E-state index contributed by atoms with van der Waals surface area (Å²) in [5.41, 5.74) is 0. The Balaban J connectivity index is 0. The van der Waals surface area contributed by atoms with E-state index in [0.717, 1.165) is 0 Å². The molecule has 0 bridgehead atoms. The van der Waals surface area contributed by atoms with Crippen LogP contribution < -0.4 is 0 Å². The molecule has 0 heterocycles. The zero-order chi connectivity index (χ0) is 0. The van der Waals surface area contributed by atoms with E-state index < -0.39 is 0 Å². The van der Waals surface area contributed by atoms with Crippen LogP contribution in [0, 0.1) is 0 Å². The Morgan fingerprint density at radius 3 is 0.500 bits per heavy atom. The first-order valence-electron chi connectivity index (χ1n) is 0. The fourth-order valence-corrected chi connectivity index (χ4v) is 0. The summed E-state index contributed by atoms with van der Waals surface area (Å²) in [6.07, 6.45) is 0. The molecule has 4 heteroatoms. The zero-order valence-corrected chi connectivity index (χ0v) is 10.1. The van der Waals surface area contributed by atoms with E-state index in [9.17, 15) is 0 Å². The second-order valence-electron chi connectivity index (χ2n) is 0. The van der Waals surface area contributed by atoms with E-state index in [1.54, 1.807) is 0 Å². The van der Waals surface area contributed by atoms with Crippen molar-refractivity contribution in [3.63, 3.8) is 0 Å². The molecule has 0 saturated carbocycles. The van der Waals surface area contributed by atoms with E-state index in [0.29, 0.717) is 0 Å². The third kappa shape index (κ3) is 9.56. The van der Waals surface area contributed by atoms with Crippen molar-refractivity contribution in [2.75, 3.05) is 0 Å². The van der Waals surface area contributed by atoms with Crippen LogP contribution in [0.1, 0.15) is 0 Å². The predicted molar refractivity (Wildman–Crippen MR) is 17.3 cm³/mol. The summed E-state index contributed by atoms with van der Waals surface area (Å²) in [6.45, 7) is 0. The third-order valence-corrected chi connectivity index (χ3v) is 0.